The highest BCUT2D eigenvalue weighted by atomic mass is 35.5. The lowest BCUT2D eigenvalue weighted by Crippen LogP contribution is -2.57. The van der Waals surface area contributed by atoms with E-state index in [4.69, 9.17) is 11.6 Å². The summed E-state index contributed by atoms with van der Waals surface area (Å²) in [6.07, 6.45) is 3.93. The third-order valence-corrected chi connectivity index (χ3v) is 7.80. The van der Waals surface area contributed by atoms with E-state index in [0.29, 0.717) is 35.9 Å². The van der Waals surface area contributed by atoms with Crippen LogP contribution in [0.1, 0.15) is 53.3 Å². The quantitative estimate of drug-likeness (QED) is 0.813. The fraction of sp³-hybridized carbons (Fsp3) is 0.591. The Morgan fingerprint density at radius 2 is 2.03 bits per heavy atom. The molecule has 1 N–H and O–H groups in total. The van der Waals surface area contributed by atoms with Crippen molar-refractivity contribution in [2.45, 2.75) is 50.7 Å². The Balaban J connectivity index is 1.23. The van der Waals surface area contributed by atoms with E-state index < -0.39 is 6.10 Å². The lowest BCUT2D eigenvalue weighted by Gasteiger charge is -2.39. The molecule has 0 spiro atoms. The summed E-state index contributed by atoms with van der Waals surface area (Å²) in [5.74, 6) is 1.11. The molecule has 2 aromatic heterocycles. The number of nitrogens with zero attached hydrogens (tertiary/aromatic N) is 4. The van der Waals surface area contributed by atoms with Gasteiger partial charge in [-0.25, -0.2) is 4.52 Å². The molecule has 2 amide bonds. The molecule has 8 heteroatoms. The average Bonchev–Trinajstić information content (AvgIpc) is 3.64. The molecule has 6 rings (SSSR count). The molecule has 1 aliphatic heterocycles. The number of carbonyl (C=O) groups excluding carboxylic acids is 2. The summed E-state index contributed by atoms with van der Waals surface area (Å²) in [5.41, 5.74) is 3.15. The molecule has 30 heavy (non-hydrogen) atoms. The minimum absolute atomic E-state index is 0.00783. The second-order valence-corrected chi connectivity index (χ2v) is 9.81. The van der Waals surface area contributed by atoms with Crippen LogP contribution in [-0.4, -0.2) is 68.1 Å². The van der Waals surface area contributed by atoms with Crippen LogP contribution in [0.15, 0.2) is 12.1 Å². The Kier molecular flexibility index (Phi) is 4.00. The van der Waals surface area contributed by atoms with Crippen molar-refractivity contribution in [1.29, 1.82) is 0 Å². The van der Waals surface area contributed by atoms with Gasteiger partial charge in [0.25, 0.3) is 5.91 Å². The van der Waals surface area contributed by atoms with E-state index in [0.717, 1.165) is 24.1 Å². The minimum atomic E-state index is -0.419. The molecule has 3 heterocycles. The van der Waals surface area contributed by atoms with Crippen molar-refractivity contribution in [2.75, 3.05) is 19.6 Å². The molecule has 4 aliphatic rings. The zero-order chi connectivity index (χ0) is 20.7. The van der Waals surface area contributed by atoms with E-state index in [1.54, 1.807) is 9.42 Å². The molecule has 4 fully saturated rings. The fourth-order valence-electron chi connectivity index (χ4n) is 5.46. The van der Waals surface area contributed by atoms with Gasteiger partial charge in [0.05, 0.1) is 22.7 Å². The van der Waals surface area contributed by atoms with Crippen LogP contribution >= 0.6 is 11.6 Å². The third kappa shape index (κ3) is 2.78. The maximum absolute atomic E-state index is 13.2. The second-order valence-electron chi connectivity index (χ2n) is 9.43. The smallest absolute Gasteiger partial charge is 0.276 e. The molecular formula is C22H25ClN4O3. The number of halogens is 1. The number of carbonyl (C=O) groups is 2. The highest BCUT2D eigenvalue weighted by molar-refractivity contribution is 6.36. The van der Waals surface area contributed by atoms with E-state index in [9.17, 15) is 14.7 Å². The van der Waals surface area contributed by atoms with Gasteiger partial charge in [-0.3, -0.25) is 9.59 Å². The van der Waals surface area contributed by atoms with Gasteiger partial charge in [-0.1, -0.05) is 11.6 Å². The van der Waals surface area contributed by atoms with Crippen LogP contribution in [0.4, 0.5) is 0 Å². The molecule has 158 valence electrons. The van der Waals surface area contributed by atoms with Crippen molar-refractivity contribution in [3.05, 3.63) is 34.1 Å². The zero-order valence-electron chi connectivity index (χ0n) is 16.9. The first-order valence-corrected chi connectivity index (χ1v) is 11.3. The first-order valence-electron chi connectivity index (χ1n) is 10.9. The van der Waals surface area contributed by atoms with Gasteiger partial charge in [-0.2, -0.15) is 5.10 Å². The van der Waals surface area contributed by atoms with Crippen LogP contribution in [0.5, 0.6) is 0 Å². The van der Waals surface area contributed by atoms with E-state index in [1.165, 1.54) is 23.3 Å². The fourth-order valence-corrected chi connectivity index (χ4v) is 5.72. The molecule has 0 radical (unpaired) electrons. The predicted octanol–water partition coefficient (Wildman–Crippen LogP) is 2.23. The van der Waals surface area contributed by atoms with Crippen LogP contribution in [-0.2, 0) is 4.79 Å². The summed E-state index contributed by atoms with van der Waals surface area (Å²) in [6.45, 7) is 2.85. The van der Waals surface area contributed by atoms with Gasteiger partial charge in [0.1, 0.15) is 6.54 Å². The molecule has 0 bridgehead atoms. The number of amides is 2. The summed E-state index contributed by atoms with van der Waals surface area (Å²) in [6, 6.07) is 4.05. The van der Waals surface area contributed by atoms with Crippen LogP contribution < -0.4 is 0 Å². The van der Waals surface area contributed by atoms with Gasteiger partial charge in [-0.15, -0.1) is 0 Å². The summed E-state index contributed by atoms with van der Waals surface area (Å²) < 4.78 is 1.72. The number of aliphatic hydroxyl groups is 1. The molecule has 3 aliphatic carbocycles. The van der Waals surface area contributed by atoms with Gasteiger partial charge in [0.15, 0.2) is 5.69 Å². The van der Waals surface area contributed by atoms with Gasteiger partial charge in [0.2, 0.25) is 5.91 Å². The Labute approximate surface area is 179 Å². The Hall–Kier alpha value is -2.12. The van der Waals surface area contributed by atoms with Gasteiger partial charge in [0, 0.05) is 18.8 Å². The van der Waals surface area contributed by atoms with Crippen molar-refractivity contribution in [2.24, 2.45) is 11.8 Å². The summed E-state index contributed by atoms with van der Waals surface area (Å²) in [4.78, 5) is 29.3. The number of aromatic nitrogens is 2. The summed E-state index contributed by atoms with van der Waals surface area (Å²) in [7, 11) is 0. The summed E-state index contributed by atoms with van der Waals surface area (Å²) in [5, 5.41) is 15.3. The van der Waals surface area contributed by atoms with Gasteiger partial charge in [-0.05, 0) is 68.1 Å². The maximum Gasteiger partial charge on any atom is 0.276 e. The molecular weight excluding hydrogens is 404 g/mol. The topological polar surface area (TPSA) is 78.2 Å². The van der Waals surface area contributed by atoms with Crippen molar-refractivity contribution >= 4 is 28.9 Å². The number of aryl methyl sites for hydroxylation is 1. The lowest BCUT2D eigenvalue weighted by atomic mass is 10.1. The largest absolute Gasteiger partial charge is 0.391 e. The van der Waals surface area contributed by atoms with Gasteiger partial charge < -0.3 is 14.9 Å². The Morgan fingerprint density at radius 3 is 2.70 bits per heavy atom. The van der Waals surface area contributed by atoms with Crippen LogP contribution in [0.3, 0.4) is 0 Å². The SMILES string of the molecule is Cc1cc(C2CC2)cc2c(Cl)c(C(=O)N3CCN([C@H]4C[C@@H]5C[C@@H]5[C@H]4O)C(=O)C3)nn12. The van der Waals surface area contributed by atoms with Crippen molar-refractivity contribution < 1.29 is 14.7 Å². The molecule has 7 nitrogen and oxygen atoms in total. The molecule has 0 aromatic carbocycles. The highest BCUT2D eigenvalue weighted by Gasteiger charge is 2.55. The third-order valence-electron chi connectivity index (χ3n) is 7.42. The van der Waals surface area contributed by atoms with Crippen molar-refractivity contribution in [3.8, 4) is 0 Å². The monoisotopic (exact) mass is 428 g/mol. The number of aliphatic hydroxyl groups excluding tert-OH is 1. The first-order chi connectivity index (χ1) is 14.4. The number of piperazine rings is 1. The highest BCUT2D eigenvalue weighted by Crippen LogP contribution is 2.53. The number of hydrogen-bond donors (Lipinski definition) is 1. The zero-order valence-corrected chi connectivity index (χ0v) is 17.7. The van der Waals surface area contributed by atoms with E-state index >= 15 is 0 Å². The number of hydrogen-bond acceptors (Lipinski definition) is 4. The van der Waals surface area contributed by atoms with E-state index in [-0.39, 0.29) is 30.1 Å². The molecule has 3 saturated carbocycles. The Bertz CT molecular complexity index is 1080. The number of rotatable bonds is 3. The second kappa shape index (κ2) is 6.44. The van der Waals surface area contributed by atoms with Crippen LogP contribution in [0, 0.1) is 18.8 Å². The maximum atomic E-state index is 13.2. The average molecular weight is 429 g/mol. The number of pyridine rings is 1. The molecule has 2 aromatic rings. The van der Waals surface area contributed by atoms with Crippen molar-refractivity contribution in [3.63, 3.8) is 0 Å². The molecule has 1 saturated heterocycles. The minimum Gasteiger partial charge on any atom is -0.391 e. The predicted molar refractivity (Wildman–Crippen MR) is 111 cm³/mol. The van der Waals surface area contributed by atoms with Crippen molar-refractivity contribution in [1.82, 2.24) is 19.4 Å². The normalized spacial score (nSPS) is 30.8. The molecule has 4 atom stereocenters. The van der Waals surface area contributed by atoms with E-state index in [2.05, 4.69) is 11.2 Å². The van der Waals surface area contributed by atoms with Crippen LogP contribution in [0.25, 0.3) is 5.52 Å². The summed E-state index contributed by atoms with van der Waals surface area (Å²) >= 11 is 6.59. The molecule has 0 unspecified atom stereocenters. The lowest BCUT2D eigenvalue weighted by molar-refractivity contribution is -0.140. The van der Waals surface area contributed by atoms with Gasteiger partial charge >= 0.3 is 0 Å². The standard InChI is InChI=1S/C22H25ClN4O3/c1-11-6-13(12-2-3-12)8-16-19(23)20(24-27(11)16)22(30)25-4-5-26(18(28)10-25)17-9-14-7-15(14)21(17)29/h6,8,12,14-15,17,21,29H,2-5,7,9-10H2,1H3/t14-,15-,17-,21+/m0/s1. The number of fused-ring (bicyclic) bond motifs is 2. The van der Waals surface area contributed by atoms with E-state index in [1.807, 2.05) is 13.0 Å². The van der Waals surface area contributed by atoms with Crippen LogP contribution in [0.2, 0.25) is 5.02 Å². The first kappa shape index (κ1) is 18.6. The Morgan fingerprint density at radius 1 is 1.23 bits per heavy atom.